The zero-order valence-electron chi connectivity index (χ0n) is 19.6. The lowest BCUT2D eigenvalue weighted by Gasteiger charge is -2.29. The SMILES string of the molecule is CC(C)(C)OC(=O)n1nc(C(=O)Nc2ccc3c(c2)CN(C(=O)C(F)(F)F)CC3)c2cc(Br)ccc21. The molecule has 0 aliphatic carbocycles. The summed E-state index contributed by atoms with van der Waals surface area (Å²) < 4.78 is 45.7. The van der Waals surface area contributed by atoms with Crippen molar-refractivity contribution >= 4 is 50.4 Å². The van der Waals surface area contributed by atoms with E-state index in [9.17, 15) is 27.6 Å². The minimum atomic E-state index is -4.95. The van der Waals surface area contributed by atoms with Gasteiger partial charge in [0.15, 0.2) is 5.69 Å². The molecule has 2 amide bonds. The molecule has 0 atom stereocenters. The average Bonchev–Trinajstić information content (AvgIpc) is 3.15. The molecule has 0 spiro atoms. The molecule has 1 aromatic heterocycles. The van der Waals surface area contributed by atoms with Gasteiger partial charge in [0.05, 0.1) is 5.52 Å². The van der Waals surface area contributed by atoms with E-state index in [1.54, 1.807) is 51.1 Å². The number of rotatable bonds is 2. The average molecular weight is 567 g/mol. The van der Waals surface area contributed by atoms with E-state index in [4.69, 9.17) is 4.74 Å². The molecular weight excluding hydrogens is 545 g/mol. The number of fused-ring (bicyclic) bond motifs is 2. The van der Waals surface area contributed by atoms with Crippen LogP contribution in [0.4, 0.5) is 23.7 Å². The van der Waals surface area contributed by atoms with E-state index in [1.807, 2.05) is 0 Å². The molecule has 4 rings (SSSR count). The number of ether oxygens (including phenoxy) is 1. The van der Waals surface area contributed by atoms with E-state index in [-0.39, 0.29) is 25.2 Å². The zero-order valence-corrected chi connectivity index (χ0v) is 21.2. The van der Waals surface area contributed by atoms with Crippen molar-refractivity contribution < 1.29 is 32.3 Å². The third-order valence-corrected chi connectivity index (χ3v) is 5.92. The van der Waals surface area contributed by atoms with Crippen LogP contribution in [0.15, 0.2) is 40.9 Å². The van der Waals surface area contributed by atoms with Gasteiger partial charge in [0.25, 0.3) is 5.91 Å². The van der Waals surface area contributed by atoms with Crippen molar-refractivity contribution in [3.05, 3.63) is 57.7 Å². The van der Waals surface area contributed by atoms with Crippen LogP contribution in [0.1, 0.15) is 42.4 Å². The Morgan fingerprint density at radius 2 is 1.78 bits per heavy atom. The van der Waals surface area contributed by atoms with Gasteiger partial charge in [-0.25, -0.2) is 4.79 Å². The van der Waals surface area contributed by atoms with Crippen LogP contribution >= 0.6 is 15.9 Å². The Morgan fingerprint density at radius 3 is 2.44 bits per heavy atom. The van der Waals surface area contributed by atoms with Gasteiger partial charge in [0.1, 0.15) is 5.60 Å². The molecule has 1 aliphatic rings. The number of aromatic nitrogens is 2. The summed E-state index contributed by atoms with van der Waals surface area (Å²) in [5.41, 5.74) is 1.16. The van der Waals surface area contributed by atoms with Gasteiger partial charge in [0.2, 0.25) is 0 Å². The van der Waals surface area contributed by atoms with Crippen LogP contribution in [0, 0.1) is 0 Å². The summed E-state index contributed by atoms with van der Waals surface area (Å²) in [5.74, 6) is -2.52. The summed E-state index contributed by atoms with van der Waals surface area (Å²) in [6, 6.07) is 9.83. The molecule has 36 heavy (non-hydrogen) atoms. The van der Waals surface area contributed by atoms with Crippen molar-refractivity contribution in [2.24, 2.45) is 0 Å². The quantitative estimate of drug-likeness (QED) is 0.455. The van der Waals surface area contributed by atoms with Crippen molar-refractivity contribution in [1.29, 1.82) is 0 Å². The number of halogens is 4. The number of nitrogens with zero attached hydrogens (tertiary/aromatic N) is 3. The van der Waals surface area contributed by atoms with Gasteiger partial charge >= 0.3 is 18.2 Å². The molecule has 2 aromatic carbocycles. The standard InChI is InChI=1S/C24H22BrF3N4O4/c1-23(2,3)36-22(35)32-18-7-5-15(25)11-17(18)19(30-32)20(33)29-16-6-4-13-8-9-31(12-14(13)10-16)21(34)24(26,27)28/h4-7,10-11H,8-9,12H2,1-3H3,(H,29,33). The molecule has 0 saturated carbocycles. The first kappa shape index (κ1) is 25.7. The highest BCUT2D eigenvalue weighted by Gasteiger charge is 2.43. The van der Waals surface area contributed by atoms with E-state index in [0.29, 0.717) is 26.6 Å². The van der Waals surface area contributed by atoms with E-state index in [1.165, 1.54) is 6.07 Å². The van der Waals surface area contributed by atoms with Crippen molar-refractivity contribution in [2.75, 3.05) is 11.9 Å². The topological polar surface area (TPSA) is 93.5 Å². The van der Waals surface area contributed by atoms with E-state index in [2.05, 4.69) is 26.3 Å². The third kappa shape index (κ3) is 5.38. The maximum Gasteiger partial charge on any atom is 0.471 e. The fourth-order valence-corrected chi connectivity index (χ4v) is 4.24. The largest absolute Gasteiger partial charge is 0.471 e. The highest BCUT2D eigenvalue weighted by Crippen LogP contribution is 2.28. The van der Waals surface area contributed by atoms with Crippen LogP contribution in [-0.2, 0) is 22.5 Å². The summed E-state index contributed by atoms with van der Waals surface area (Å²) >= 11 is 3.35. The predicted octanol–water partition coefficient (Wildman–Crippen LogP) is 5.28. The molecule has 0 saturated heterocycles. The summed E-state index contributed by atoms with van der Waals surface area (Å²) in [7, 11) is 0. The molecule has 2 heterocycles. The summed E-state index contributed by atoms with van der Waals surface area (Å²) in [4.78, 5) is 38.2. The summed E-state index contributed by atoms with van der Waals surface area (Å²) in [5, 5.41) is 7.27. The Kier molecular flexibility index (Phi) is 6.58. The number of hydrogen-bond donors (Lipinski definition) is 1. The first-order valence-electron chi connectivity index (χ1n) is 10.9. The van der Waals surface area contributed by atoms with Crippen LogP contribution in [0.2, 0.25) is 0 Å². The van der Waals surface area contributed by atoms with Crippen molar-refractivity contribution in [1.82, 2.24) is 14.7 Å². The maximum atomic E-state index is 13.2. The summed E-state index contributed by atoms with van der Waals surface area (Å²) in [6.07, 6.45) is -5.44. The molecule has 0 fully saturated rings. The summed E-state index contributed by atoms with van der Waals surface area (Å²) in [6.45, 7) is 4.86. The molecule has 1 aliphatic heterocycles. The highest BCUT2D eigenvalue weighted by molar-refractivity contribution is 9.10. The van der Waals surface area contributed by atoms with Crippen LogP contribution in [0.3, 0.4) is 0 Å². The molecule has 0 unspecified atom stereocenters. The lowest BCUT2D eigenvalue weighted by atomic mass is 9.99. The molecule has 8 nitrogen and oxygen atoms in total. The van der Waals surface area contributed by atoms with Gasteiger partial charge in [0, 0.05) is 28.6 Å². The van der Waals surface area contributed by atoms with E-state index in [0.717, 1.165) is 15.1 Å². The first-order chi connectivity index (χ1) is 16.7. The molecule has 3 aromatic rings. The molecule has 1 N–H and O–H groups in total. The van der Waals surface area contributed by atoms with Crippen LogP contribution < -0.4 is 5.32 Å². The number of alkyl halides is 3. The second kappa shape index (κ2) is 9.23. The minimum absolute atomic E-state index is 0.0382. The van der Waals surface area contributed by atoms with Crippen molar-refractivity contribution in [3.63, 3.8) is 0 Å². The highest BCUT2D eigenvalue weighted by atomic mass is 79.9. The number of anilines is 1. The maximum absolute atomic E-state index is 13.2. The van der Waals surface area contributed by atoms with Gasteiger partial charge in [-0.05, 0) is 68.7 Å². The monoisotopic (exact) mass is 566 g/mol. The zero-order chi connectivity index (χ0) is 26.4. The molecule has 0 bridgehead atoms. The Bertz CT molecular complexity index is 1380. The van der Waals surface area contributed by atoms with E-state index < -0.39 is 29.7 Å². The normalized spacial score (nSPS) is 13.9. The fraction of sp³-hybridized carbons (Fsp3) is 0.333. The van der Waals surface area contributed by atoms with Gasteiger partial charge in [-0.15, -0.1) is 0 Å². The van der Waals surface area contributed by atoms with Crippen LogP contribution in [-0.4, -0.2) is 50.9 Å². The van der Waals surface area contributed by atoms with Crippen LogP contribution in [0.5, 0.6) is 0 Å². The second-order valence-electron chi connectivity index (χ2n) is 9.31. The number of benzene rings is 2. The lowest BCUT2D eigenvalue weighted by Crippen LogP contribution is -2.43. The smallest absolute Gasteiger partial charge is 0.442 e. The number of nitrogens with one attached hydrogen (secondary N) is 1. The van der Waals surface area contributed by atoms with Gasteiger partial charge < -0.3 is 15.0 Å². The first-order valence-corrected chi connectivity index (χ1v) is 11.7. The number of carbonyl (C=O) groups is 3. The van der Waals surface area contributed by atoms with Gasteiger partial charge in [-0.1, -0.05) is 22.0 Å². The van der Waals surface area contributed by atoms with Gasteiger partial charge in [-0.2, -0.15) is 23.0 Å². The number of hydrogen-bond acceptors (Lipinski definition) is 5. The van der Waals surface area contributed by atoms with Crippen LogP contribution in [0.25, 0.3) is 10.9 Å². The molecule has 190 valence electrons. The third-order valence-electron chi connectivity index (χ3n) is 5.43. The number of amides is 2. The second-order valence-corrected chi connectivity index (χ2v) is 10.2. The molecule has 0 radical (unpaired) electrons. The fourth-order valence-electron chi connectivity index (χ4n) is 3.88. The Hall–Kier alpha value is -3.41. The Balaban J connectivity index is 1.62. The predicted molar refractivity (Wildman–Crippen MR) is 129 cm³/mol. The number of carbonyl (C=O) groups excluding carboxylic acids is 3. The Morgan fingerprint density at radius 1 is 1.06 bits per heavy atom. The van der Waals surface area contributed by atoms with Crippen molar-refractivity contribution in [3.8, 4) is 0 Å². The van der Waals surface area contributed by atoms with Gasteiger partial charge in [-0.3, -0.25) is 9.59 Å². The Labute approximate surface area is 212 Å². The van der Waals surface area contributed by atoms with Crippen molar-refractivity contribution in [2.45, 2.75) is 45.5 Å². The molecular formula is C24H22BrF3N4O4. The minimum Gasteiger partial charge on any atom is -0.442 e. The lowest BCUT2D eigenvalue weighted by molar-refractivity contribution is -0.186. The molecule has 12 heteroatoms. The van der Waals surface area contributed by atoms with E-state index >= 15 is 0 Å².